The van der Waals surface area contributed by atoms with E-state index in [1.54, 1.807) is 37.3 Å². The number of nitrogens with zero attached hydrogens (tertiary/aromatic N) is 2. The fraction of sp³-hybridized carbons (Fsp3) is 0.417. The highest BCUT2D eigenvalue weighted by atomic mass is 35.5. The lowest BCUT2D eigenvalue weighted by atomic mass is 10.1. The highest BCUT2D eigenvalue weighted by Crippen LogP contribution is 2.31. The lowest BCUT2D eigenvalue weighted by molar-refractivity contribution is -0.140. The molecular weight excluding hydrogens is 533 g/mol. The standard InChI is InChI=1S/C24H30Cl3N3O4S/c1-16(2)28-24(32)17(3)29(15-18-8-5-6-9-20(18)26)23(31)10-7-13-30(35(4,33)34)22-14-19(25)11-12-21(22)27/h5-6,8-9,11-12,14,16-17H,7,10,13,15H2,1-4H3,(H,28,32)/t17-/m1/s1. The maximum Gasteiger partial charge on any atom is 0.242 e. The number of benzene rings is 2. The Hall–Kier alpha value is -2.00. The van der Waals surface area contributed by atoms with E-state index in [0.29, 0.717) is 15.6 Å². The van der Waals surface area contributed by atoms with Crippen molar-refractivity contribution in [2.75, 3.05) is 17.1 Å². The van der Waals surface area contributed by atoms with Crippen molar-refractivity contribution in [1.82, 2.24) is 10.2 Å². The van der Waals surface area contributed by atoms with Crippen LogP contribution in [0.15, 0.2) is 42.5 Å². The molecule has 7 nitrogen and oxygen atoms in total. The zero-order valence-corrected chi connectivity index (χ0v) is 23.2. The summed E-state index contributed by atoms with van der Waals surface area (Å²) in [5, 5.41) is 3.88. The third kappa shape index (κ3) is 8.56. The highest BCUT2D eigenvalue weighted by Gasteiger charge is 2.27. The van der Waals surface area contributed by atoms with E-state index in [4.69, 9.17) is 34.8 Å². The molecule has 0 aliphatic rings. The zero-order chi connectivity index (χ0) is 26.3. The average molecular weight is 563 g/mol. The SMILES string of the molecule is CC(C)NC(=O)[C@@H](C)N(Cc1ccccc1Cl)C(=O)CCCN(c1cc(Cl)ccc1Cl)S(C)(=O)=O. The van der Waals surface area contributed by atoms with Crippen molar-refractivity contribution in [2.45, 2.75) is 52.2 Å². The van der Waals surface area contributed by atoms with E-state index in [0.717, 1.165) is 10.6 Å². The minimum Gasteiger partial charge on any atom is -0.352 e. The van der Waals surface area contributed by atoms with Crippen molar-refractivity contribution in [2.24, 2.45) is 0 Å². The van der Waals surface area contributed by atoms with Gasteiger partial charge in [0.2, 0.25) is 21.8 Å². The van der Waals surface area contributed by atoms with Crippen molar-refractivity contribution >= 4 is 62.3 Å². The van der Waals surface area contributed by atoms with Gasteiger partial charge in [-0.2, -0.15) is 0 Å². The number of halogens is 3. The summed E-state index contributed by atoms with van der Waals surface area (Å²) >= 11 is 18.6. The van der Waals surface area contributed by atoms with Crippen LogP contribution in [0.2, 0.25) is 15.1 Å². The van der Waals surface area contributed by atoms with Crippen LogP contribution in [-0.4, -0.2) is 50.0 Å². The van der Waals surface area contributed by atoms with Gasteiger partial charge in [0, 0.05) is 35.6 Å². The number of hydrogen-bond donors (Lipinski definition) is 1. The molecule has 0 unspecified atom stereocenters. The minimum atomic E-state index is -3.69. The predicted molar refractivity (Wildman–Crippen MR) is 143 cm³/mol. The second-order valence-electron chi connectivity index (χ2n) is 8.49. The third-order valence-electron chi connectivity index (χ3n) is 5.23. The maximum absolute atomic E-state index is 13.3. The molecule has 2 aromatic carbocycles. The fourth-order valence-electron chi connectivity index (χ4n) is 3.46. The molecule has 0 aliphatic carbocycles. The first-order valence-electron chi connectivity index (χ1n) is 11.1. The van der Waals surface area contributed by atoms with E-state index in [-0.39, 0.29) is 54.5 Å². The van der Waals surface area contributed by atoms with E-state index in [1.807, 2.05) is 13.8 Å². The molecule has 1 atom stereocenters. The monoisotopic (exact) mass is 561 g/mol. The molecule has 0 bridgehead atoms. The quantitative estimate of drug-likeness (QED) is 0.411. The third-order valence-corrected chi connectivity index (χ3v) is 7.33. The molecule has 0 aliphatic heterocycles. The molecule has 35 heavy (non-hydrogen) atoms. The molecule has 2 amide bonds. The van der Waals surface area contributed by atoms with Crippen LogP contribution in [0.25, 0.3) is 0 Å². The van der Waals surface area contributed by atoms with Gasteiger partial charge in [0.25, 0.3) is 0 Å². The van der Waals surface area contributed by atoms with Crippen LogP contribution in [0.4, 0.5) is 5.69 Å². The van der Waals surface area contributed by atoms with Crippen LogP contribution in [-0.2, 0) is 26.2 Å². The van der Waals surface area contributed by atoms with Gasteiger partial charge in [0.1, 0.15) is 6.04 Å². The summed E-state index contributed by atoms with van der Waals surface area (Å²) in [7, 11) is -3.69. The second-order valence-corrected chi connectivity index (χ2v) is 11.6. The summed E-state index contributed by atoms with van der Waals surface area (Å²) in [4.78, 5) is 27.4. The minimum absolute atomic E-state index is 0.00789. The molecule has 0 aromatic heterocycles. The zero-order valence-electron chi connectivity index (χ0n) is 20.1. The van der Waals surface area contributed by atoms with Crippen LogP contribution in [0, 0.1) is 0 Å². The fourth-order valence-corrected chi connectivity index (χ4v) is 5.06. The molecule has 192 valence electrons. The van der Waals surface area contributed by atoms with Crippen molar-refractivity contribution in [3.8, 4) is 0 Å². The maximum atomic E-state index is 13.3. The Morgan fingerprint density at radius 2 is 1.66 bits per heavy atom. The topological polar surface area (TPSA) is 86.8 Å². The normalized spacial score (nSPS) is 12.3. The van der Waals surface area contributed by atoms with Crippen LogP contribution >= 0.6 is 34.8 Å². The summed E-state index contributed by atoms with van der Waals surface area (Å²) in [5.74, 6) is -0.592. The number of hydrogen-bond acceptors (Lipinski definition) is 4. The first-order valence-corrected chi connectivity index (χ1v) is 14.1. The molecule has 11 heteroatoms. The van der Waals surface area contributed by atoms with E-state index < -0.39 is 16.1 Å². The van der Waals surface area contributed by atoms with Crippen molar-refractivity contribution < 1.29 is 18.0 Å². The Morgan fingerprint density at radius 3 is 2.26 bits per heavy atom. The van der Waals surface area contributed by atoms with E-state index in [1.165, 1.54) is 17.0 Å². The molecule has 2 rings (SSSR count). The van der Waals surface area contributed by atoms with Gasteiger partial charge in [-0.25, -0.2) is 8.42 Å². The molecule has 2 aromatic rings. The average Bonchev–Trinajstić information content (AvgIpc) is 2.76. The van der Waals surface area contributed by atoms with Gasteiger partial charge < -0.3 is 10.2 Å². The van der Waals surface area contributed by atoms with Gasteiger partial charge in [0.05, 0.1) is 17.0 Å². The Kier molecular flexibility index (Phi) is 10.7. The van der Waals surface area contributed by atoms with Crippen LogP contribution in [0.3, 0.4) is 0 Å². The molecule has 0 saturated carbocycles. The Morgan fingerprint density at radius 1 is 1.00 bits per heavy atom. The van der Waals surface area contributed by atoms with E-state index in [2.05, 4.69) is 5.32 Å². The number of amides is 2. The molecule has 0 saturated heterocycles. The summed E-state index contributed by atoms with van der Waals surface area (Å²) in [6.07, 6.45) is 1.27. The first kappa shape index (κ1) is 29.2. The summed E-state index contributed by atoms with van der Waals surface area (Å²) in [6, 6.07) is 10.8. The van der Waals surface area contributed by atoms with Gasteiger partial charge in [-0.1, -0.05) is 53.0 Å². The summed E-state index contributed by atoms with van der Waals surface area (Å²) in [6.45, 7) is 5.48. The van der Waals surface area contributed by atoms with Gasteiger partial charge >= 0.3 is 0 Å². The summed E-state index contributed by atoms with van der Waals surface area (Å²) < 4.78 is 26.0. The molecule has 0 heterocycles. The van der Waals surface area contributed by atoms with E-state index >= 15 is 0 Å². The number of sulfonamides is 1. The van der Waals surface area contributed by atoms with Crippen LogP contribution in [0.1, 0.15) is 39.2 Å². The van der Waals surface area contributed by atoms with E-state index in [9.17, 15) is 18.0 Å². The Labute approximate surface area is 222 Å². The molecule has 1 N–H and O–H groups in total. The number of carbonyl (C=O) groups excluding carboxylic acids is 2. The van der Waals surface area contributed by atoms with Crippen molar-refractivity contribution in [3.05, 3.63) is 63.1 Å². The number of carbonyl (C=O) groups is 2. The Bertz CT molecular complexity index is 1160. The molecule has 0 spiro atoms. The number of nitrogens with one attached hydrogen (secondary N) is 1. The van der Waals surface area contributed by atoms with Gasteiger partial charge in [0.15, 0.2) is 0 Å². The highest BCUT2D eigenvalue weighted by molar-refractivity contribution is 7.92. The lowest BCUT2D eigenvalue weighted by Crippen LogP contribution is -2.49. The van der Waals surface area contributed by atoms with Gasteiger partial charge in [-0.05, 0) is 57.0 Å². The number of anilines is 1. The Balaban J connectivity index is 2.22. The first-order chi connectivity index (χ1) is 16.3. The smallest absolute Gasteiger partial charge is 0.242 e. The largest absolute Gasteiger partial charge is 0.352 e. The van der Waals surface area contributed by atoms with Crippen LogP contribution in [0.5, 0.6) is 0 Å². The van der Waals surface area contributed by atoms with Crippen molar-refractivity contribution in [1.29, 1.82) is 0 Å². The van der Waals surface area contributed by atoms with Crippen molar-refractivity contribution in [3.63, 3.8) is 0 Å². The van der Waals surface area contributed by atoms with Crippen LogP contribution < -0.4 is 9.62 Å². The molecular formula is C24H30Cl3N3O4S. The predicted octanol–water partition coefficient (Wildman–Crippen LogP) is 5.13. The molecule has 0 fully saturated rings. The second kappa shape index (κ2) is 12.8. The van der Waals surface area contributed by atoms with Gasteiger partial charge in [-0.3, -0.25) is 13.9 Å². The number of rotatable bonds is 11. The summed E-state index contributed by atoms with van der Waals surface area (Å²) in [5.41, 5.74) is 0.946. The lowest BCUT2D eigenvalue weighted by Gasteiger charge is -2.30. The van der Waals surface area contributed by atoms with Gasteiger partial charge in [-0.15, -0.1) is 0 Å². The molecule has 0 radical (unpaired) electrons.